The van der Waals surface area contributed by atoms with Gasteiger partial charge in [-0.05, 0) is 23.6 Å². The molecule has 7 nitrogen and oxygen atoms in total. The Balaban J connectivity index is 2.75. The number of carbonyl (C=O) groups is 3. The van der Waals surface area contributed by atoms with E-state index in [0.29, 0.717) is 5.02 Å². The van der Waals surface area contributed by atoms with Gasteiger partial charge in [-0.2, -0.15) is 0 Å². The van der Waals surface area contributed by atoms with Crippen molar-refractivity contribution in [3.05, 3.63) is 34.9 Å². The Morgan fingerprint density at radius 1 is 1.25 bits per heavy atom. The van der Waals surface area contributed by atoms with Crippen molar-refractivity contribution in [1.29, 1.82) is 0 Å². The van der Waals surface area contributed by atoms with Crippen LogP contribution in [0.25, 0.3) is 0 Å². The number of hydrogen-bond donors (Lipinski definition) is 3. The molecular formula is C16H22ClN3O4. The molecule has 0 saturated carbocycles. The molecule has 0 spiro atoms. The average Bonchev–Trinajstić information content (AvgIpc) is 2.51. The van der Waals surface area contributed by atoms with Crippen LogP contribution in [-0.2, 0) is 20.7 Å². The number of halogens is 1. The molecule has 1 unspecified atom stereocenters. The van der Waals surface area contributed by atoms with Gasteiger partial charge in [0.15, 0.2) is 0 Å². The van der Waals surface area contributed by atoms with Crippen LogP contribution < -0.4 is 16.4 Å². The third kappa shape index (κ3) is 6.08. The summed E-state index contributed by atoms with van der Waals surface area (Å²) in [5.41, 5.74) is 6.09. The van der Waals surface area contributed by atoms with E-state index in [-0.39, 0.29) is 12.3 Å². The monoisotopic (exact) mass is 355 g/mol. The zero-order chi connectivity index (χ0) is 18.3. The predicted molar refractivity (Wildman–Crippen MR) is 90.4 cm³/mol. The van der Waals surface area contributed by atoms with Crippen molar-refractivity contribution in [2.24, 2.45) is 11.7 Å². The van der Waals surface area contributed by atoms with Crippen molar-refractivity contribution in [2.45, 2.75) is 32.4 Å². The lowest BCUT2D eigenvalue weighted by atomic mass is 10.0. The zero-order valence-corrected chi connectivity index (χ0v) is 14.6. The van der Waals surface area contributed by atoms with Crippen LogP contribution >= 0.6 is 11.6 Å². The Hall–Kier alpha value is -2.28. The van der Waals surface area contributed by atoms with Gasteiger partial charge in [-0.15, -0.1) is 0 Å². The highest BCUT2D eigenvalue weighted by Crippen LogP contribution is 2.12. The Labute approximate surface area is 145 Å². The molecule has 4 N–H and O–H groups in total. The van der Waals surface area contributed by atoms with Crippen molar-refractivity contribution in [3.8, 4) is 0 Å². The minimum atomic E-state index is -0.936. The number of ether oxygens (including phenoxy) is 1. The molecule has 0 aromatic heterocycles. The third-order valence-electron chi connectivity index (χ3n) is 3.39. The number of benzene rings is 1. The number of nitrogens with two attached hydrogens (primary N) is 1. The first-order valence-electron chi connectivity index (χ1n) is 7.43. The summed E-state index contributed by atoms with van der Waals surface area (Å²) in [6, 6.07) is 4.46. The normalized spacial score (nSPS) is 13.0. The van der Waals surface area contributed by atoms with Gasteiger partial charge in [-0.3, -0.25) is 4.79 Å². The maximum absolute atomic E-state index is 12.1. The molecule has 0 radical (unpaired) electrons. The van der Waals surface area contributed by atoms with Gasteiger partial charge in [-0.25, -0.2) is 9.59 Å². The van der Waals surface area contributed by atoms with E-state index in [1.807, 2.05) is 0 Å². The van der Waals surface area contributed by atoms with E-state index in [2.05, 4.69) is 15.4 Å². The number of nitrogens with one attached hydrogen (secondary N) is 2. The largest absolute Gasteiger partial charge is 0.467 e. The number of methoxy groups -OCH3 is 1. The maximum atomic E-state index is 12.1. The molecule has 1 aromatic rings. The highest BCUT2D eigenvalue weighted by molar-refractivity contribution is 6.30. The summed E-state index contributed by atoms with van der Waals surface area (Å²) in [5.74, 6) is -1.43. The molecule has 0 fully saturated rings. The Kier molecular flexibility index (Phi) is 7.51. The molecule has 0 aliphatic carbocycles. The molecule has 0 saturated heterocycles. The molecule has 24 heavy (non-hydrogen) atoms. The van der Waals surface area contributed by atoms with Crippen molar-refractivity contribution in [2.75, 3.05) is 7.11 Å². The first-order valence-corrected chi connectivity index (χ1v) is 7.81. The van der Waals surface area contributed by atoms with Crippen molar-refractivity contribution in [1.82, 2.24) is 10.6 Å². The molecule has 0 heterocycles. The van der Waals surface area contributed by atoms with E-state index < -0.39 is 30.0 Å². The number of urea groups is 1. The lowest BCUT2D eigenvalue weighted by molar-refractivity contribution is -0.143. The summed E-state index contributed by atoms with van der Waals surface area (Å²) in [5, 5.41) is 5.48. The van der Waals surface area contributed by atoms with E-state index in [1.165, 1.54) is 7.11 Å². The first-order chi connectivity index (χ1) is 11.2. The topological polar surface area (TPSA) is 111 Å². The third-order valence-corrected chi connectivity index (χ3v) is 3.62. The molecule has 0 aliphatic rings. The molecule has 0 bridgehead atoms. The fraction of sp³-hybridized carbons (Fsp3) is 0.438. The van der Waals surface area contributed by atoms with Gasteiger partial charge in [0.1, 0.15) is 12.1 Å². The number of hydrogen-bond acceptors (Lipinski definition) is 4. The number of rotatable bonds is 7. The van der Waals surface area contributed by atoms with Crippen LogP contribution in [0.1, 0.15) is 19.4 Å². The molecule has 2 atom stereocenters. The minimum Gasteiger partial charge on any atom is -0.467 e. The molecule has 8 heteroatoms. The van der Waals surface area contributed by atoms with Crippen molar-refractivity contribution in [3.63, 3.8) is 0 Å². The highest BCUT2D eigenvalue weighted by atomic mass is 35.5. The predicted octanol–water partition coefficient (Wildman–Crippen LogP) is 1.23. The van der Waals surface area contributed by atoms with Crippen LogP contribution in [0.2, 0.25) is 5.02 Å². The SMILES string of the molecule is COC(=O)C(NC(=O)N[C@@H](Cc1cccc(Cl)c1)C(N)=O)C(C)C. The van der Waals surface area contributed by atoms with Gasteiger partial charge >= 0.3 is 12.0 Å². The van der Waals surface area contributed by atoms with Gasteiger partial charge < -0.3 is 21.1 Å². The van der Waals surface area contributed by atoms with Crippen LogP contribution in [0, 0.1) is 5.92 Å². The lowest BCUT2D eigenvalue weighted by Crippen LogP contribution is -2.54. The number of esters is 1. The Bertz CT molecular complexity index is 607. The quantitative estimate of drug-likeness (QED) is 0.639. The fourth-order valence-corrected chi connectivity index (χ4v) is 2.30. The van der Waals surface area contributed by atoms with Gasteiger partial charge in [-0.1, -0.05) is 37.6 Å². The second-order valence-electron chi connectivity index (χ2n) is 5.65. The van der Waals surface area contributed by atoms with Gasteiger partial charge in [0, 0.05) is 11.4 Å². The Morgan fingerprint density at radius 2 is 1.92 bits per heavy atom. The zero-order valence-electron chi connectivity index (χ0n) is 13.8. The molecule has 1 aromatic carbocycles. The van der Waals surface area contributed by atoms with E-state index in [0.717, 1.165) is 5.56 Å². The van der Waals surface area contributed by atoms with Gasteiger partial charge in [0.2, 0.25) is 5.91 Å². The average molecular weight is 356 g/mol. The van der Waals surface area contributed by atoms with E-state index >= 15 is 0 Å². The summed E-state index contributed by atoms with van der Waals surface area (Å²) in [7, 11) is 1.24. The molecule has 0 aliphatic heterocycles. The smallest absolute Gasteiger partial charge is 0.328 e. The molecular weight excluding hydrogens is 334 g/mol. The summed E-state index contributed by atoms with van der Waals surface area (Å²) in [6.07, 6.45) is 0.188. The first kappa shape index (κ1) is 19.8. The molecule has 132 valence electrons. The number of amides is 3. The lowest BCUT2D eigenvalue weighted by Gasteiger charge is -2.22. The van der Waals surface area contributed by atoms with Crippen LogP contribution in [0.15, 0.2) is 24.3 Å². The Morgan fingerprint density at radius 3 is 2.42 bits per heavy atom. The van der Waals surface area contributed by atoms with Gasteiger partial charge in [0.05, 0.1) is 7.11 Å². The van der Waals surface area contributed by atoms with Crippen LogP contribution in [0.3, 0.4) is 0 Å². The second-order valence-corrected chi connectivity index (χ2v) is 6.09. The van der Waals surface area contributed by atoms with Crippen LogP contribution in [-0.4, -0.2) is 37.1 Å². The van der Waals surface area contributed by atoms with Crippen molar-refractivity contribution < 1.29 is 19.1 Å². The summed E-state index contributed by atoms with van der Waals surface area (Å²) >= 11 is 5.90. The fourth-order valence-electron chi connectivity index (χ4n) is 2.09. The standard InChI is InChI=1S/C16H22ClN3O4/c1-9(2)13(15(22)24-3)20-16(23)19-12(14(18)21)8-10-5-4-6-11(17)7-10/h4-7,9,12-13H,8H2,1-3H3,(H2,18,21)(H2,19,20,23)/t12-,13?/m0/s1. The number of carbonyl (C=O) groups excluding carboxylic acids is 3. The summed E-state index contributed by atoms with van der Waals surface area (Å²) in [6.45, 7) is 3.53. The van der Waals surface area contributed by atoms with Gasteiger partial charge in [0.25, 0.3) is 0 Å². The number of primary amides is 1. The maximum Gasteiger partial charge on any atom is 0.328 e. The van der Waals surface area contributed by atoms with Crippen LogP contribution in [0.5, 0.6) is 0 Å². The van der Waals surface area contributed by atoms with Crippen molar-refractivity contribution >= 4 is 29.5 Å². The summed E-state index contributed by atoms with van der Waals surface area (Å²) in [4.78, 5) is 35.3. The second kappa shape index (κ2) is 9.12. The van der Waals surface area contributed by atoms with E-state index in [4.69, 9.17) is 17.3 Å². The highest BCUT2D eigenvalue weighted by Gasteiger charge is 2.27. The minimum absolute atomic E-state index is 0.178. The summed E-state index contributed by atoms with van der Waals surface area (Å²) < 4.78 is 4.65. The molecule has 1 rings (SSSR count). The van der Waals surface area contributed by atoms with E-state index in [1.54, 1.807) is 38.1 Å². The van der Waals surface area contributed by atoms with E-state index in [9.17, 15) is 14.4 Å². The van der Waals surface area contributed by atoms with Crippen LogP contribution in [0.4, 0.5) is 4.79 Å². The molecule has 3 amide bonds.